The molecular weight excluding hydrogens is 178 g/mol. The minimum atomic E-state index is -0.406. The summed E-state index contributed by atoms with van der Waals surface area (Å²) < 4.78 is 0. The summed E-state index contributed by atoms with van der Waals surface area (Å²) in [7, 11) is 0. The highest BCUT2D eigenvalue weighted by Gasteiger charge is 2.05. The molecule has 0 unspecified atom stereocenters. The normalized spacial score (nSPS) is 9.71. The van der Waals surface area contributed by atoms with Crippen molar-refractivity contribution in [2.24, 2.45) is 5.84 Å². The molecule has 0 bridgehead atoms. The van der Waals surface area contributed by atoms with Crippen molar-refractivity contribution in [3.05, 3.63) is 28.8 Å². The summed E-state index contributed by atoms with van der Waals surface area (Å²) in [5.41, 5.74) is 6.27. The highest BCUT2D eigenvalue weighted by Crippen LogP contribution is 2.21. The Morgan fingerprint density at radius 2 is 1.86 bits per heavy atom. The number of hydrogen-bond acceptors (Lipinski definition) is 2. The number of carbonyl (C=O) groups excluding carboxylic acids is 1. The molecule has 4 heteroatoms. The quantitative estimate of drug-likeness (QED) is 0.360. The van der Waals surface area contributed by atoms with Gasteiger partial charge >= 0.3 is 6.03 Å². The molecule has 0 aliphatic heterocycles. The molecule has 0 aliphatic rings. The molecule has 4 N–H and O–H groups in total. The van der Waals surface area contributed by atoms with Crippen LogP contribution < -0.4 is 16.6 Å². The van der Waals surface area contributed by atoms with Gasteiger partial charge in [-0.05, 0) is 43.5 Å². The largest absolute Gasteiger partial charge is 0.333 e. The molecule has 0 atom stereocenters. The van der Waals surface area contributed by atoms with E-state index < -0.39 is 6.03 Å². The molecule has 1 aromatic rings. The van der Waals surface area contributed by atoms with E-state index in [1.807, 2.05) is 38.3 Å². The van der Waals surface area contributed by atoms with Gasteiger partial charge in [0.25, 0.3) is 0 Å². The first-order valence-corrected chi connectivity index (χ1v) is 4.40. The van der Waals surface area contributed by atoms with Crippen molar-refractivity contribution in [1.29, 1.82) is 0 Å². The second-order valence-electron chi connectivity index (χ2n) is 3.28. The summed E-state index contributed by atoms with van der Waals surface area (Å²) in [6.45, 7) is 6.03. The lowest BCUT2D eigenvalue weighted by atomic mass is 10.0. The van der Waals surface area contributed by atoms with Crippen LogP contribution in [-0.4, -0.2) is 6.03 Å². The minimum Gasteiger partial charge on any atom is -0.307 e. The second kappa shape index (κ2) is 4.11. The number of hydrogen-bond donors (Lipinski definition) is 3. The zero-order valence-electron chi connectivity index (χ0n) is 8.64. The Bertz CT molecular complexity index is 361. The Labute approximate surface area is 83.5 Å². The number of rotatable bonds is 1. The number of urea groups is 1. The first kappa shape index (κ1) is 10.5. The van der Waals surface area contributed by atoms with Gasteiger partial charge < -0.3 is 5.32 Å². The van der Waals surface area contributed by atoms with E-state index in [9.17, 15) is 4.79 Å². The van der Waals surface area contributed by atoms with Gasteiger partial charge in [0.1, 0.15) is 0 Å². The highest BCUT2D eigenvalue weighted by atomic mass is 16.2. The number of nitrogens with one attached hydrogen (secondary N) is 2. The maximum Gasteiger partial charge on any atom is 0.333 e. The van der Waals surface area contributed by atoms with Crippen LogP contribution in [0.5, 0.6) is 0 Å². The maximum atomic E-state index is 11.0. The van der Waals surface area contributed by atoms with Crippen LogP contribution in [-0.2, 0) is 0 Å². The third-order valence-electron chi connectivity index (χ3n) is 2.44. The van der Waals surface area contributed by atoms with Crippen LogP contribution in [0.1, 0.15) is 16.7 Å². The first-order chi connectivity index (χ1) is 6.56. The summed E-state index contributed by atoms with van der Waals surface area (Å²) in [6, 6.07) is 3.43. The van der Waals surface area contributed by atoms with Crippen molar-refractivity contribution in [1.82, 2.24) is 5.43 Å². The summed E-state index contributed by atoms with van der Waals surface area (Å²) in [6.07, 6.45) is 0. The van der Waals surface area contributed by atoms with E-state index >= 15 is 0 Å². The van der Waals surface area contributed by atoms with E-state index in [0.717, 1.165) is 11.3 Å². The molecule has 0 aromatic heterocycles. The van der Waals surface area contributed by atoms with Gasteiger partial charge in [0.2, 0.25) is 0 Å². The van der Waals surface area contributed by atoms with Crippen LogP contribution in [0.4, 0.5) is 10.5 Å². The Hall–Kier alpha value is -1.55. The fourth-order valence-corrected chi connectivity index (χ4v) is 1.25. The number of anilines is 1. The van der Waals surface area contributed by atoms with Gasteiger partial charge in [0, 0.05) is 5.69 Å². The predicted molar refractivity (Wildman–Crippen MR) is 57.0 cm³/mol. The lowest BCUT2D eigenvalue weighted by Crippen LogP contribution is -2.34. The van der Waals surface area contributed by atoms with Crippen LogP contribution in [0.15, 0.2) is 12.1 Å². The maximum absolute atomic E-state index is 11.0. The monoisotopic (exact) mass is 193 g/mol. The predicted octanol–water partition coefficient (Wildman–Crippen LogP) is 1.61. The lowest BCUT2D eigenvalue weighted by Gasteiger charge is -2.11. The van der Waals surface area contributed by atoms with Gasteiger partial charge in [0.15, 0.2) is 0 Å². The molecule has 4 nitrogen and oxygen atoms in total. The number of hydrazine groups is 1. The molecular formula is C10H15N3O. The zero-order chi connectivity index (χ0) is 10.7. The molecule has 0 heterocycles. The van der Waals surface area contributed by atoms with Gasteiger partial charge in [-0.25, -0.2) is 10.6 Å². The second-order valence-corrected chi connectivity index (χ2v) is 3.28. The van der Waals surface area contributed by atoms with Crippen molar-refractivity contribution in [3.63, 3.8) is 0 Å². The molecule has 0 radical (unpaired) electrons. The summed E-state index contributed by atoms with van der Waals surface area (Å²) >= 11 is 0. The van der Waals surface area contributed by atoms with Crippen LogP contribution in [0, 0.1) is 20.8 Å². The van der Waals surface area contributed by atoms with Crippen molar-refractivity contribution in [2.45, 2.75) is 20.8 Å². The Morgan fingerprint density at radius 1 is 1.21 bits per heavy atom. The minimum absolute atomic E-state index is 0.406. The number of amides is 2. The van der Waals surface area contributed by atoms with E-state index in [2.05, 4.69) is 5.32 Å². The highest BCUT2D eigenvalue weighted by molar-refractivity contribution is 5.89. The smallest absolute Gasteiger partial charge is 0.307 e. The molecule has 1 aromatic carbocycles. The van der Waals surface area contributed by atoms with Crippen LogP contribution >= 0.6 is 0 Å². The molecule has 2 amide bonds. The van der Waals surface area contributed by atoms with E-state index in [1.54, 1.807) is 0 Å². The third kappa shape index (κ3) is 2.03. The van der Waals surface area contributed by atoms with Gasteiger partial charge in [0.05, 0.1) is 0 Å². The Balaban J connectivity index is 3.00. The topological polar surface area (TPSA) is 67.2 Å². The van der Waals surface area contributed by atoms with E-state index in [-0.39, 0.29) is 0 Å². The number of aryl methyl sites for hydroxylation is 1. The molecule has 0 saturated heterocycles. The van der Waals surface area contributed by atoms with Crippen molar-refractivity contribution < 1.29 is 4.79 Å². The molecule has 14 heavy (non-hydrogen) atoms. The van der Waals surface area contributed by atoms with E-state index in [4.69, 9.17) is 5.84 Å². The number of nitrogens with two attached hydrogens (primary N) is 1. The van der Waals surface area contributed by atoms with Gasteiger partial charge in [-0.3, -0.25) is 5.43 Å². The number of carbonyl (C=O) groups is 1. The van der Waals surface area contributed by atoms with Crippen molar-refractivity contribution >= 4 is 11.7 Å². The third-order valence-corrected chi connectivity index (χ3v) is 2.44. The molecule has 0 saturated carbocycles. The summed E-state index contributed by atoms with van der Waals surface area (Å²) in [5.74, 6) is 4.98. The Morgan fingerprint density at radius 3 is 2.43 bits per heavy atom. The average molecular weight is 193 g/mol. The van der Waals surface area contributed by atoms with Gasteiger partial charge in [-0.1, -0.05) is 6.07 Å². The summed E-state index contributed by atoms with van der Waals surface area (Å²) in [5, 5.41) is 2.65. The Kier molecular flexibility index (Phi) is 3.09. The first-order valence-electron chi connectivity index (χ1n) is 4.40. The fourth-order valence-electron chi connectivity index (χ4n) is 1.25. The van der Waals surface area contributed by atoms with E-state index in [0.29, 0.717) is 0 Å². The van der Waals surface area contributed by atoms with Crippen LogP contribution in [0.2, 0.25) is 0 Å². The van der Waals surface area contributed by atoms with Crippen molar-refractivity contribution in [2.75, 3.05) is 5.32 Å². The lowest BCUT2D eigenvalue weighted by molar-refractivity contribution is 0.252. The molecule has 76 valence electrons. The summed E-state index contributed by atoms with van der Waals surface area (Å²) in [4.78, 5) is 11.0. The zero-order valence-corrected chi connectivity index (χ0v) is 8.64. The number of benzene rings is 1. The van der Waals surface area contributed by atoms with E-state index in [1.165, 1.54) is 11.1 Å². The standard InChI is InChI=1S/C10H15N3O/c1-6-4-5-9(8(3)7(6)2)12-10(14)13-11/h4-5H,11H2,1-3H3,(H2,12,13,14). The molecule has 0 aliphatic carbocycles. The molecule has 0 spiro atoms. The van der Waals surface area contributed by atoms with Gasteiger partial charge in [-0.2, -0.15) is 0 Å². The fraction of sp³-hybridized carbons (Fsp3) is 0.300. The SMILES string of the molecule is Cc1ccc(NC(=O)NN)c(C)c1C. The van der Waals surface area contributed by atoms with Crippen LogP contribution in [0.25, 0.3) is 0 Å². The van der Waals surface area contributed by atoms with Crippen molar-refractivity contribution in [3.8, 4) is 0 Å². The van der Waals surface area contributed by atoms with Crippen LogP contribution in [0.3, 0.4) is 0 Å². The average Bonchev–Trinajstić information content (AvgIpc) is 2.19. The molecule has 1 rings (SSSR count). The molecule has 0 fully saturated rings. The van der Waals surface area contributed by atoms with Gasteiger partial charge in [-0.15, -0.1) is 0 Å².